The molecular formula is C24H24F2N3O3S+. The molecule has 1 aliphatic rings. The summed E-state index contributed by atoms with van der Waals surface area (Å²) in [6.07, 6.45) is 0. The fourth-order valence-electron chi connectivity index (χ4n) is 3.86. The van der Waals surface area contributed by atoms with Crippen LogP contribution in [-0.2, 0) is 28.7 Å². The van der Waals surface area contributed by atoms with Gasteiger partial charge in [-0.1, -0.05) is 42.5 Å². The van der Waals surface area contributed by atoms with E-state index in [0.717, 1.165) is 41.9 Å². The SMILES string of the molecule is CC(NC(=O)Nc1c(F)cc(S(=O)(=O)Cc2ccc3c(c2)C[NH2+]C3)cc1F)c1ccccc1. The van der Waals surface area contributed by atoms with E-state index in [0.29, 0.717) is 5.56 Å². The van der Waals surface area contributed by atoms with Gasteiger partial charge < -0.3 is 16.0 Å². The lowest BCUT2D eigenvalue weighted by Gasteiger charge is -2.16. The van der Waals surface area contributed by atoms with Crippen molar-refractivity contribution in [3.8, 4) is 0 Å². The Morgan fingerprint density at radius 3 is 2.36 bits per heavy atom. The molecule has 0 radical (unpaired) electrons. The van der Waals surface area contributed by atoms with Crippen molar-refractivity contribution in [3.63, 3.8) is 0 Å². The highest BCUT2D eigenvalue weighted by Crippen LogP contribution is 2.26. The van der Waals surface area contributed by atoms with Crippen LogP contribution in [0.3, 0.4) is 0 Å². The highest BCUT2D eigenvalue weighted by molar-refractivity contribution is 7.90. The second-order valence-corrected chi connectivity index (χ2v) is 10.0. The van der Waals surface area contributed by atoms with Crippen molar-refractivity contribution >= 4 is 21.6 Å². The molecule has 1 aliphatic heterocycles. The second-order valence-electron chi connectivity index (χ2n) is 8.05. The molecule has 0 spiro atoms. The van der Waals surface area contributed by atoms with E-state index in [1.54, 1.807) is 13.0 Å². The number of rotatable bonds is 6. The molecule has 6 nitrogen and oxygen atoms in total. The molecule has 0 saturated carbocycles. The van der Waals surface area contributed by atoms with Crippen LogP contribution in [0.15, 0.2) is 65.6 Å². The van der Waals surface area contributed by atoms with Crippen LogP contribution in [0.2, 0.25) is 0 Å². The average Bonchev–Trinajstić information content (AvgIpc) is 3.24. The number of halogens is 2. The molecule has 1 atom stereocenters. The molecular weight excluding hydrogens is 448 g/mol. The summed E-state index contributed by atoms with van der Waals surface area (Å²) in [5, 5.41) is 6.84. The first kappa shape index (κ1) is 22.9. The van der Waals surface area contributed by atoms with Crippen LogP contribution in [-0.4, -0.2) is 14.4 Å². The Balaban J connectivity index is 1.48. The number of carbonyl (C=O) groups is 1. The number of fused-ring (bicyclic) bond motifs is 1. The first-order valence-electron chi connectivity index (χ1n) is 10.5. The molecule has 9 heteroatoms. The van der Waals surface area contributed by atoms with Gasteiger partial charge in [0.2, 0.25) is 0 Å². The maximum atomic E-state index is 14.6. The van der Waals surface area contributed by atoms with Crippen LogP contribution in [0.4, 0.5) is 19.3 Å². The monoisotopic (exact) mass is 472 g/mol. The Kier molecular flexibility index (Phi) is 6.44. The zero-order valence-electron chi connectivity index (χ0n) is 17.9. The molecule has 0 bridgehead atoms. The number of nitrogens with two attached hydrogens (primary N) is 1. The van der Waals surface area contributed by atoms with E-state index in [2.05, 4.69) is 16.0 Å². The molecule has 1 heterocycles. The molecule has 33 heavy (non-hydrogen) atoms. The Bertz CT molecular complexity index is 1270. The highest BCUT2D eigenvalue weighted by Gasteiger charge is 2.23. The summed E-state index contributed by atoms with van der Waals surface area (Å²) >= 11 is 0. The number of hydrogen-bond donors (Lipinski definition) is 3. The number of carbonyl (C=O) groups excluding carboxylic acids is 1. The lowest BCUT2D eigenvalue weighted by molar-refractivity contribution is -0.676. The minimum Gasteiger partial charge on any atom is -0.339 e. The van der Waals surface area contributed by atoms with Gasteiger partial charge >= 0.3 is 6.03 Å². The molecule has 1 unspecified atom stereocenters. The quantitative estimate of drug-likeness (QED) is 0.514. The molecule has 0 aromatic heterocycles. The van der Waals surface area contributed by atoms with Gasteiger partial charge in [-0.2, -0.15) is 0 Å². The number of nitrogens with one attached hydrogen (secondary N) is 2. The van der Waals surface area contributed by atoms with Crippen LogP contribution in [0.5, 0.6) is 0 Å². The van der Waals surface area contributed by atoms with Crippen molar-refractivity contribution in [2.75, 3.05) is 5.32 Å². The first-order chi connectivity index (χ1) is 15.7. The fraction of sp³-hybridized carbons (Fsp3) is 0.208. The van der Waals surface area contributed by atoms with Crippen LogP contribution in [0.1, 0.15) is 35.2 Å². The largest absolute Gasteiger partial charge is 0.339 e. The lowest BCUT2D eigenvalue weighted by Crippen LogP contribution is -2.77. The number of benzene rings is 3. The van der Waals surface area contributed by atoms with Gasteiger partial charge in [-0.25, -0.2) is 22.0 Å². The number of urea groups is 1. The van der Waals surface area contributed by atoms with E-state index in [9.17, 15) is 22.0 Å². The normalized spacial score (nSPS) is 13.9. The summed E-state index contributed by atoms with van der Waals surface area (Å²) in [4.78, 5) is 11.8. The van der Waals surface area contributed by atoms with Crippen molar-refractivity contribution in [1.82, 2.24) is 5.32 Å². The molecule has 3 aromatic rings. The molecule has 4 rings (SSSR count). The van der Waals surface area contributed by atoms with Crippen LogP contribution in [0.25, 0.3) is 0 Å². The minimum absolute atomic E-state index is 0.374. The molecule has 2 amide bonds. The maximum Gasteiger partial charge on any atom is 0.319 e. The summed E-state index contributed by atoms with van der Waals surface area (Å²) in [6.45, 7) is 3.36. The number of sulfone groups is 1. The van der Waals surface area contributed by atoms with Gasteiger partial charge in [0, 0.05) is 11.1 Å². The Morgan fingerprint density at radius 1 is 1.00 bits per heavy atom. The van der Waals surface area contributed by atoms with E-state index in [4.69, 9.17) is 0 Å². The van der Waals surface area contributed by atoms with E-state index < -0.39 is 44.1 Å². The van der Waals surface area contributed by atoms with Crippen molar-refractivity contribution in [1.29, 1.82) is 0 Å². The fourth-order valence-corrected chi connectivity index (χ4v) is 5.22. The predicted octanol–water partition coefficient (Wildman–Crippen LogP) is 3.40. The van der Waals surface area contributed by atoms with Crippen molar-refractivity contribution < 1.29 is 27.3 Å². The van der Waals surface area contributed by atoms with Gasteiger partial charge in [-0.05, 0) is 36.2 Å². The third-order valence-corrected chi connectivity index (χ3v) is 7.28. The van der Waals surface area contributed by atoms with Gasteiger partial charge in [0.05, 0.1) is 16.7 Å². The van der Waals surface area contributed by atoms with Gasteiger partial charge in [-0.3, -0.25) is 0 Å². The van der Waals surface area contributed by atoms with Crippen molar-refractivity contribution in [2.24, 2.45) is 0 Å². The summed E-state index contributed by atoms with van der Waals surface area (Å²) < 4.78 is 54.9. The van der Waals surface area contributed by atoms with Crippen LogP contribution in [0, 0.1) is 11.6 Å². The molecule has 0 fully saturated rings. The third-order valence-electron chi connectivity index (χ3n) is 5.62. The van der Waals surface area contributed by atoms with Gasteiger partial charge in [0.1, 0.15) is 18.8 Å². The summed E-state index contributed by atoms with van der Waals surface area (Å²) in [5.74, 6) is -2.71. The van der Waals surface area contributed by atoms with Gasteiger partial charge in [0.15, 0.2) is 21.5 Å². The molecule has 0 saturated heterocycles. The average molecular weight is 473 g/mol. The zero-order valence-corrected chi connectivity index (χ0v) is 18.8. The van der Waals surface area contributed by atoms with Crippen molar-refractivity contribution in [3.05, 3.63) is 94.6 Å². The molecule has 4 N–H and O–H groups in total. The third kappa shape index (κ3) is 5.20. The highest BCUT2D eigenvalue weighted by atomic mass is 32.2. The number of quaternary nitrogens is 1. The number of anilines is 1. The Labute approximate surface area is 190 Å². The smallest absolute Gasteiger partial charge is 0.319 e. The lowest BCUT2D eigenvalue weighted by atomic mass is 10.1. The predicted molar refractivity (Wildman–Crippen MR) is 120 cm³/mol. The molecule has 172 valence electrons. The topological polar surface area (TPSA) is 91.9 Å². The Morgan fingerprint density at radius 2 is 1.67 bits per heavy atom. The van der Waals surface area contributed by atoms with Crippen LogP contribution >= 0.6 is 0 Å². The van der Waals surface area contributed by atoms with Crippen molar-refractivity contribution in [2.45, 2.75) is 36.7 Å². The zero-order chi connectivity index (χ0) is 23.6. The minimum atomic E-state index is -3.99. The summed E-state index contributed by atoms with van der Waals surface area (Å²) in [6, 6.07) is 14.7. The number of hydrogen-bond acceptors (Lipinski definition) is 3. The van der Waals surface area contributed by atoms with E-state index >= 15 is 0 Å². The first-order valence-corrected chi connectivity index (χ1v) is 12.1. The maximum absolute atomic E-state index is 14.6. The van der Waals surface area contributed by atoms with Gasteiger partial charge in [-0.15, -0.1) is 0 Å². The molecule has 0 aliphatic carbocycles. The van der Waals surface area contributed by atoms with E-state index in [1.807, 2.05) is 42.5 Å². The standard InChI is InChI=1S/C24H23F2N3O3S/c1-15(17-5-3-2-4-6-17)28-24(30)29-23-21(25)10-20(11-22(23)26)33(31,32)14-16-7-8-18-12-27-13-19(18)9-16/h2-11,15,27H,12-14H2,1H3,(H2,28,29,30)/p+1. The van der Waals surface area contributed by atoms with E-state index in [-0.39, 0.29) is 5.75 Å². The summed E-state index contributed by atoms with van der Waals surface area (Å²) in [5.41, 5.74) is 2.89. The Hall–Kier alpha value is -3.30. The second kappa shape index (κ2) is 9.29. The van der Waals surface area contributed by atoms with E-state index in [1.165, 1.54) is 0 Å². The number of amides is 2. The molecule has 3 aromatic carbocycles. The van der Waals surface area contributed by atoms with Crippen LogP contribution < -0.4 is 16.0 Å². The summed E-state index contributed by atoms with van der Waals surface area (Å²) in [7, 11) is -3.99. The van der Waals surface area contributed by atoms with Gasteiger partial charge in [0.25, 0.3) is 0 Å².